The first-order valence-electron chi connectivity index (χ1n) is 20.1. The lowest BCUT2D eigenvalue weighted by atomic mass is 9.59. The van der Waals surface area contributed by atoms with Gasteiger partial charge in [0.25, 0.3) is 0 Å². The van der Waals surface area contributed by atoms with Gasteiger partial charge in [-0.2, -0.15) is 0 Å². The third-order valence-corrected chi connectivity index (χ3v) is 16.2. The van der Waals surface area contributed by atoms with Gasteiger partial charge in [0.2, 0.25) is 0 Å². The number of ketones is 1. The minimum absolute atomic E-state index is 0.0160. The van der Waals surface area contributed by atoms with Gasteiger partial charge in [0, 0.05) is 43.2 Å². The molecule has 5 heterocycles. The number of hydrogen-bond donors (Lipinski definition) is 0. The number of carbonyl (C=O) groups excluding carboxylic acids is 3. The number of Topliss-reactive ketones (excluding diaryl/α,β-unsaturated/α-hetero) is 1. The van der Waals surface area contributed by atoms with Crippen LogP contribution in [0.4, 0.5) is 0 Å². The van der Waals surface area contributed by atoms with Gasteiger partial charge in [0.05, 0.1) is 17.3 Å². The molecule has 3 unspecified atom stereocenters. The Balaban J connectivity index is 1.07. The predicted octanol–water partition coefficient (Wildman–Crippen LogP) is 5.08. The lowest BCUT2D eigenvalue weighted by Gasteiger charge is -2.48. The number of rotatable bonds is 4. The lowest BCUT2D eigenvalue weighted by molar-refractivity contribution is -0.218. The summed E-state index contributed by atoms with van der Waals surface area (Å²) in [5.41, 5.74) is -0.327. The molecular formula is C41H56N2O7. The Kier molecular flexibility index (Phi) is 7.16. The van der Waals surface area contributed by atoms with Crippen molar-refractivity contribution in [3.05, 3.63) is 24.3 Å². The van der Waals surface area contributed by atoms with Crippen LogP contribution < -0.4 is 0 Å². The van der Waals surface area contributed by atoms with Gasteiger partial charge in [-0.25, -0.2) is 0 Å². The molecular weight excluding hydrogens is 632 g/mol. The molecule has 0 bridgehead atoms. The van der Waals surface area contributed by atoms with E-state index in [2.05, 4.69) is 16.4 Å². The highest BCUT2D eigenvalue weighted by molar-refractivity contribution is 5.91. The van der Waals surface area contributed by atoms with Crippen molar-refractivity contribution in [1.82, 2.24) is 9.80 Å². The molecule has 10 fully saturated rings. The van der Waals surface area contributed by atoms with Crippen LogP contribution in [0.2, 0.25) is 0 Å². The summed E-state index contributed by atoms with van der Waals surface area (Å²) in [7, 11) is 0. The SMILES string of the molecule is C=C1CC[C@H]2C(CN3CCCC3)C(=O)O[C@@H]2C2[C@H]1CC(=O)[C@]21CC[C@@]23OC(C)(C)O[C@]21C[C@H]1C(=C)CC[C@H]2C(CN4CCCC4)C(=O)O[C@@H]2[C@H]13. The van der Waals surface area contributed by atoms with E-state index < -0.39 is 22.4 Å². The lowest BCUT2D eigenvalue weighted by Crippen LogP contribution is -2.62. The summed E-state index contributed by atoms with van der Waals surface area (Å²) >= 11 is 0. The highest BCUT2D eigenvalue weighted by Crippen LogP contribution is 2.79. The number of esters is 2. The first kappa shape index (κ1) is 32.6. The van der Waals surface area contributed by atoms with Crippen molar-refractivity contribution in [2.45, 2.75) is 120 Å². The fourth-order valence-corrected chi connectivity index (χ4v) is 14.5. The number of ether oxygens (including phenoxy) is 4. The predicted molar refractivity (Wildman–Crippen MR) is 183 cm³/mol. The highest BCUT2D eigenvalue weighted by atomic mass is 16.8. The van der Waals surface area contributed by atoms with E-state index in [1.54, 1.807) is 0 Å². The van der Waals surface area contributed by atoms with Gasteiger partial charge in [-0.15, -0.1) is 0 Å². The highest BCUT2D eigenvalue weighted by Gasteiger charge is 2.88. The Morgan fingerprint density at radius 3 is 1.84 bits per heavy atom. The van der Waals surface area contributed by atoms with E-state index in [-0.39, 0.29) is 77.3 Å². The number of carbonyl (C=O) groups is 3. The average Bonchev–Trinajstić information content (AvgIpc) is 3.92. The number of allylic oxidation sites excluding steroid dienone is 2. The third-order valence-electron chi connectivity index (χ3n) is 16.2. The molecule has 10 rings (SSSR count). The van der Waals surface area contributed by atoms with Crippen LogP contribution >= 0.6 is 0 Å². The summed E-state index contributed by atoms with van der Waals surface area (Å²) in [6.45, 7) is 19.0. The smallest absolute Gasteiger partial charge is 0.310 e. The molecule has 10 aliphatic rings. The molecule has 0 radical (unpaired) electrons. The molecule has 9 nitrogen and oxygen atoms in total. The van der Waals surface area contributed by atoms with Crippen LogP contribution in [0.5, 0.6) is 0 Å². The van der Waals surface area contributed by atoms with Gasteiger partial charge in [-0.1, -0.05) is 24.3 Å². The zero-order valence-corrected chi connectivity index (χ0v) is 30.2. The molecule has 0 N–H and O–H groups in total. The molecule has 1 spiro atoms. The number of fused-ring (bicyclic) bond motifs is 7. The van der Waals surface area contributed by atoms with Crippen molar-refractivity contribution in [3.8, 4) is 0 Å². The molecule has 0 aromatic carbocycles. The van der Waals surface area contributed by atoms with Crippen LogP contribution in [-0.2, 0) is 33.3 Å². The zero-order valence-electron chi connectivity index (χ0n) is 30.2. The molecule has 0 aromatic rings. The normalized spacial score (nSPS) is 50.9. The van der Waals surface area contributed by atoms with Crippen molar-refractivity contribution in [2.75, 3.05) is 39.3 Å². The first-order chi connectivity index (χ1) is 24.0. The van der Waals surface area contributed by atoms with Gasteiger partial charge in [-0.3, -0.25) is 14.4 Å². The Bertz CT molecular complexity index is 1530. The van der Waals surface area contributed by atoms with Crippen LogP contribution in [0.25, 0.3) is 0 Å². The molecule has 0 aromatic heterocycles. The minimum Gasteiger partial charge on any atom is -0.461 e. The summed E-state index contributed by atoms with van der Waals surface area (Å²) in [4.78, 5) is 47.8. The number of likely N-dealkylation sites (tertiary alicyclic amines) is 2. The standard InChI is InChI=1S/C41H56N2O7/c1-23-9-11-25-29(21-42-15-5-6-16-42)36(45)47-34(25)32-27(23)19-31(44)39(32)13-14-40-33-28(20-41(39,40)50-38(3,4)49-40)24(2)10-12-26-30(37(46)48-35(26)33)22-43-17-7-8-18-43/h25-30,32-35H,1-2,5-22H2,3-4H3/t25-,26-,27-,28-,29?,30?,32?,33-,34-,35-,39+,40-,41-/m0/s1. The number of hydrogen-bond acceptors (Lipinski definition) is 9. The van der Waals surface area contributed by atoms with Crippen molar-refractivity contribution < 1.29 is 33.3 Å². The van der Waals surface area contributed by atoms with Crippen molar-refractivity contribution in [1.29, 1.82) is 0 Å². The Morgan fingerprint density at radius 2 is 1.26 bits per heavy atom. The van der Waals surface area contributed by atoms with Crippen LogP contribution in [-0.4, -0.2) is 96.0 Å². The summed E-state index contributed by atoms with van der Waals surface area (Å²) in [6, 6.07) is 0. The van der Waals surface area contributed by atoms with Gasteiger partial charge in [0.1, 0.15) is 29.2 Å². The van der Waals surface area contributed by atoms with E-state index in [1.807, 2.05) is 13.8 Å². The van der Waals surface area contributed by atoms with E-state index in [0.29, 0.717) is 25.7 Å². The maximum absolute atomic E-state index is 15.2. The summed E-state index contributed by atoms with van der Waals surface area (Å²) in [5.74, 6) is -1.45. The van der Waals surface area contributed by atoms with E-state index in [4.69, 9.17) is 25.5 Å². The molecule has 50 heavy (non-hydrogen) atoms. The Labute approximate surface area is 296 Å². The monoisotopic (exact) mass is 688 g/mol. The van der Waals surface area contributed by atoms with Crippen molar-refractivity contribution in [3.63, 3.8) is 0 Å². The Morgan fingerprint density at radius 1 is 0.720 bits per heavy atom. The quantitative estimate of drug-likeness (QED) is 0.296. The van der Waals surface area contributed by atoms with Gasteiger partial charge in [0.15, 0.2) is 5.79 Å². The molecule has 272 valence electrons. The molecule has 13 atom stereocenters. The van der Waals surface area contributed by atoms with Crippen LogP contribution in [0.15, 0.2) is 24.3 Å². The summed E-state index contributed by atoms with van der Waals surface area (Å²) in [5, 5.41) is 0. The molecule has 5 saturated heterocycles. The molecule has 5 saturated carbocycles. The van der Waals surface area contributed by atoms with Crippen molar-refractivity contribution in [2.24, 2.45) is 52.8 Å². The largest absolute Gasteiger partial charge is 0.461 e. The van der Waals surface area contributed by atoms with Gasteiger partial charge in [-0.05, 0) is 122 Å². The van der Waals surface area contributed by atoms with E-state index in [1.165, 1.54) is 31.3 Å². The fraction of sp³-hybridized carbons (Fsp3) is 0.829. The topological polar surface area (TPSA) is 94.6 Å². The second kappa shape index (κ2) is 11.0. The third kappa shape index (κ3) is 4.12. The fourth-order valence-electron chi connectivity index (χ4n) is 14.5. The maximum Gasteiger partial charge on any atom is 0.310 e. The van der Waals surface area contributed by atoms with E-state index >= 15 is 4.79 Å². The molecule has 0 amide bonds. The number of nitrogens with zero attached hydrogens (tertiary/aromatic N) is 2. The summed E-state index contributed by atoms with van der Waals surface area (Å²) < 4.78 is 27.9. The average molecular weight is 689 g/mol. The van der Waals surface area contributed by atoms with Crippen LogP contribution in [0.3, 0.4) is 0 Å². The Hall–Kier alpha value is -2.07. The minimum atomic E-state index is -0.936. The van der Waals surface area contributed by atoms with Gasteiger partial charge >= 0.3 is 11.9 Å². The van der Waals surface area contributed by atoms with Crippen LogP contribution in [0.1, 0.15) is 90.9 Å². The first-order valence-corrected chi connectivity index (χ1v) is 20.1. The van der Waals surface area contributed by atoms with Crippen LogP contribution in [0, 0.1) is 52.8 Å². The van der Waals surface area contributed by atoms with E-state index in [0.717, 1.165) is 70.5 Å². The second-order valence-electron chi connectivity index (χ2n) is 18.6. The molecule has 9 heteroatoms. The van der Waals surface area contributed by atoms with E-state index in [9.17, 15) is 9.59 Å². The molecule has 5 aliphatic heterocycles. The maximum atomic E-state index is 15.2. The zero-order chi connectivity index (χ0) is 34.4. The van der Waals surface area contributed by atoms with Gasteiger partial charge < -0.3 is 28.7 Å². The summed E-state index contributed by atoms with van der Waals surface area (Å²) in [6.07, 6.45) is 9.83. The molecule has 5 aliphatic carbocycles. The van der Waals surface area contributed by atoms with Crippen molar-refractivity contribution >= 4 is 17.7 Å². The second-order valence-corrected chi connectivity index (χ2v) is 18.6.